The maximum Gasteiger partial charge on any atom is 0.206 e. The van der Waals surface area contributed by atoms with Gasteiger partial charge in [0.15, 0.2) is 5.78 Å². The van der Waals surface area contributed by atoms with Gasteiger partial charge in [-0.25, -0.2) is 8.42 Å². The molecule has 0 atom stereocenters. The van der Waals surface area contributed by atoms with Crippen molar-refractivity contribution >= 4 is 27.4 Å². The molecule has 0 radical (unpaired) electrons. The Kier molecular flexibility index (Phi) is 4.30. The van der Waals surface area contributed by atoms with E-state index in [9.17, 15) is 13.2 Å². The minimum atomic E-state index is -3.53. The second kappa shape index (κ2) is 5.81. The fourth-order valence-corrected chi connectivity index (χ4v) is 3.43. The number of hydrogen-bond donors (Lipinski definition) is 0. The summed E-state index contributed by atoms with van der Waals surface area (Å²) in [5.41, 5.74) is 0.502. The third-order valence-corrected chi connectivity index (χ3v) is 5.47. The highest BCUT2D eigenvalue weighted by molar-refractivity contribution is 7.98. The van der Waals surface area contributed by atoms with E-state index in [-0.39, 0.29) is 15.6 Å². The van der Waals surface area contributed by atoms with Gasteiger partial charge in [0.1, 0.15) is 0 Å². The van der Waals surface area contributed by atoms with E-state index in [2.05, 4.69) is 0 Å². The Morgan fingerprint density at radius 1 is 0.900 bits per heavy atom. The quantitative estimate of drug-likeness (QED) is 0.641. The molecule has 2 rings (SSSR count). The molecule has 20 heavy (non-hydrogen) atoms. The van der Waals surface area contributed by atoms with Crippen LogP contribution in [0.2, 0.25) is 0 Å². The van der Waals surface area contributed by atoms with Crippen LogP contribution in [0.4, 0.5) is 0 Å². The summed E-state index contributed by atoms with van der Waals surface area (Å²) >= 11 is 1.56. The van der Waals surface area contributed by atoms with E-state index >= 15 is 0 Å². The Hall–Kier alpha value is -1.59. The summed E-state index contributed by atoms with van der Waals surface area (Å²) in [7, 11) is -3.53. The van der Waals surface area contributed by atoms with E-state index in [1.807, 2.05) is 6.26 Å². The van der Waals surface area contributed by atoms with Gasteiger partial charge in [0, 0.05) is 10.5 Å². The van der Waals surface area contributed by atoms with Gasteiger partial charge < -0.3 is 0 Å². The summed E-state index contributed by atoms with van der Waals surface area (Å²) < 4.78 is 24.8. The van der Waals surface area contributed by atoms with Crippen LogP contribution >= 0.6 is 11.8 Å². The highest BCUT2D eigenvalue weighted by atomic mass is 32.2. The van der Waals surface area contributed by atoms with E-state index in [1.54, 1.807) is 36.0 Å². The molecule has 0 amide bonds. The monoisotopic (exact) mass is 306 g/mol. The van der Waals surface area contributed by atoms with Crippen molar-refractivity contribution in [2.24, 2.45) is 0 Å². The summed E-state index contributed by atoms with van der Waals surface area (Å²) in [5.74, 6) is -0.0849. The number of thioether (sulfide) groups is 1. The van der Waals surface area contributed by atoms with Crippen LogP contribution in [0.1, 0.15) is 17.3 Å². The van der Waals surface area contributed by atoms with Gasteiger partial charge in [0.25, 0.3) is 0 Å². The molecule has 0 aliphatic carbocycles. The van der Waals surface area contributed by atoms with E-state index in [1.165, 1.54) is 31.2 Å². The number of carbonyl (C=O) groups excluding carboxylic acids is 1. The largest absolute Gasteiger partial charge is 0.295 e. The number of rotatable bonds is 4. The van der Waals surface area contributed by atoms with Gasteiger partial charge in [-0.15, -0.1) is 11.8 Å². The van der Waals surface area contributed by atoms with Crippen LogP contribution in [0, 0.1) is 0 Å². The highest BCUT2D eigenvalue weighted by Gasteiger charge is 2.17. The van der Waals surface area contributed by atoms with Gasteiger partial charge in [-0.1, -0.05) is 12.1 Å². The lowest BCUT2D eigenvalue weighted by atomic mass is 10.2. The third-order valence-electron chi connectivity index (χ3n) is 2.94. The van der Waals surface area contributed by atoms with Gasteiger partial charge >= 0.3 is 0 Å². The van der Waals surface area contributed by atoms with Crippen molar-refractivity contribution in [2.75, 3.05) is 6.26 Å². The smallest absolute Gasteiger partial charge is 0.206 e. The van der Waals surface area contributed by atoms with Crippen molar-refractivity contribution < 1.29 is 13.2 Å². The van der Waals surface area contributed by atoms with Crippen molar-refractivity contribution in [3.63, 3.8) is 0 Å². The molecule has 0 spiro atoms. The third kappa shape index (κ3) is 2.94. The molecule has 0 N–H and O–H groups in total. The maximum absolute atomic E-state index is 12.4. The Bertz CT molecular complexity index is 715. The average Bonchev–Trinajstić information content (AvgIpc) is 2.47. The molecule has 2 aromatic rings. The predicted molar refractivity (Wildman–Crippen MR) is 80.1 cm³/mol. The molecule has 0 saturated carbocycles. The van der Waals surface area contributed by atoms with E-state index in [4.69, 9.17) is 0 Å². The molecule has 0 bridgehead atoms. The lowest BCUT2D eigenvalue weighted by Gasteiger charge is -2.06. The molecule has 0 fully saturated rings. The lowest BCUT2D eigenvalue weighted by Crippen LogP contribution is -2.02. The first-order chi connectivity index (χ1) is 9.45. The molecule has 0 saturated heterocycles. The number of sulfone groups is 1. The second-order valence-electron chi connectivity index (χ2n) is 4.26. The predicted octanol–water partition coefficient (Wildman–Crippen LogP) is 3.44. The maximum atomic E-state index is 12.4. The van der Waals surface area contributed by atoms with Crippen LogP contribution in [0.15, 0.2) is 63.2 Å². The molecule has 0 heterocycles. The molecule has 3 nitrogen and oxygen atoms in total. The van der Waals surface area contributed by atoms with Gasteiger partial charge in [0.05, 0.1) is 9.79 Å². The zero-order valence-electron chi connectivity index (χ0n) is 11.2. The summed E-state index contributed by atoms with van der Waals surface area (Å²) in [6.07, 6.45) is 1.93. The average molecular weight is 306 g/mol. The SMILES string of the molecule is CSc1ccc(S(=O)(=O)c2ccc(C(C)=O)cc2)cc1. The number of ketones is 1. The zero-order chi connectivity index (χ0) is 14.8. The minimum Gasteiger partial charge on any atom is -0.295 e. The summed E-state index contributed by atoms with van der Waals surface area (Å²) in [6.45, 7) is 1.45. The van der Waals surface area contributed by atoms with Gasteiger partial charge in [-0.2, -0.15) is 0 Å². The molecule has 0 unspecified atom stereocenters. The van der Waals surface area contributed by atoms with Gasteiger partial charge in [0.2, 0.25) is 9.84 Å². The topological polar surface area (TPSA) is 51.2 Å². The summed E-state index contributed by atoms with van der Waals surface area (Å²) in [6, 6.07) is 12.8. The van der Waals surface area contributed by atoms with Crippen LogP contribution < -0.4 is 0 Å². The molecule has 5 heteroatoms. The van der Waals surface area contributed by atoms with Crippen molar-refractivity contribution in [3.05, 3.63) is 54.1 Å². The zero-order valence-corrected chi connectivity index (χ0v) is 12.8. The first-order valence-electron chi connectivity index (χ1n) is 5.95. The molecule has 0 aliphatic heterocycles. The molecule has 104 valence electrons. The second-order valence-corrected chi connectivity index (χ2v) is 7.09. The van der Waals surface area contributed by atoms with Crippen LogP contribution in [0.25, 0.3) is 0 Å². The van der Waals surface area contributed by atoms with E-state index < -0.39 is 9.84 Å². The molecular formula is C15H14O3S2. The molecular weight excluding hydrogens is 292 g/mol. The number of hydrogen-bond acceptors (Lipinski definition) is 4. The summed E-state index contributed by atoms with van der Waals surface area (Å²) in [5, 5.41) is 0. The van der Waals surface area contributed by atoms with Crippen molar-refractivity contribution in [2.45, 2.75) is 21.6 Å². The van der Waals surface area contributed by atoms with Crippen molar-refractivity contribution in [3.8, 4) is 0 Å². The lowest BCUT2D eigenvalue weighted by molar-refractivity contribution is 0.101. The van der Waals surface area contributed by atoms with Crippen LogP contribution in [-0.2, 0) is 9.84 Å². The van der Waals surface area contributed by atoms with Gasteiger partial charge in [-0.3, -0.25) is 4.79 Å². The van der Waals surface area contributed by atoms with E-state index in [0.29, 0.717) is 5.56 Å². The highest BCUT2D eigenvalue weighted by Crippen LogP contribution is 2.23. The Morgan fingerprint density at radius 2 is 1.35 bits per heavy atom. The first kappa shape index (κ1) is 14.8. The number of Topliss-reactive ketones (excluding diaryl/α,β-unsaturated/α-hetero) is 1. The number of carbonyl (C=O) groups is 1. The first-order valence-corrected chi connectivity index (χ1v) is 8.66. The van der Waals surface area contributed by atoms with Crippen molar-refractivity contribution in [1.82, 2.24) is 0 Å². The standard InChI is InChI=1S/C15H14O3S2/c1-11(16)12-3-7-14(8-4-12)20(17,18)15-9-5-13(19-2)6-10-15/h3-10H,1-2H3. The number of benzene rings is 2. The van der Waals surface area contributed by atoms with Gasteiger partial charge in [-0.05, 0) is 49.6 Å². The molecule has 0 aliphatic rings. The van der Waals surface area contributed by atoms with Crippen LogP contribution in [0.3, 0.4) is 0 Å². The Labute approximate surface area is 122 Å². The van der Waals surface area contributed by atoms with Crippen molar-refractivity contribution in [1.29, 1.82) is 0 Å². The Balaban J connectivity index is 2.40. The van der Waals surface area contributed by atoms with Crippen LogP contribution in [-0.4, -0.2) is 20.5 Å². The minimum absolute atomic E-state index is 0.0849. The summed E-state index contributed by atoms with van der Waals surface area (Å²) in [4.78, 5) is 12.7. The molecule has 0 aromatic heterocycles. The normalized spacial score (nSPS) is 11.3. The fraction of sp³-hybridized carbons (Fsp3) is 0.133. The fourth-order valence-electron chi connectivity index (χ4n) is 1.76. The molecule has 2 aromatic carbocycles. The Morgan fingerprint density at radius 3 is 1.75 bits per heavy atom. The van der Waals surface area contributed by atoms with E-state index in [0.717, 1.165) is 4.90 Å². The van der Waals surface area contributed by atoms with Crippen LogP contribution in [0.5, 0.6) is 0 Å².